The van der Waals surface area contributed by atoms with Crippen molar-refractivity contribution in [2.75, 3.05) is 7.11 Å². The van der Waals surface area contributed by atoms with Gasteiger partial charge in [0.2, 0.25) is 0 Å². The maximum atomic E-state index is 12.5. The van der Waals surface area contributed by atoms with Gasteiger partial charge in [-0.1, -0.05) is 11.6 Å². The number of fused-ring (bicyclic) bond motifs is 1. The third-order valence-corrected chi connectivity index (χ3v) is 3.74. The van der Waals surface area contributed by atoms with Gasteiger partial charge in [0.05, 0.1) is 18.1 Å². The number of carbonyl (C=O) groups excluding carboxylic acids is 1. The van der Waals surface area contributed by atoms with Crippen molar-refractivity contribution in [3.8, 4) is 5.75 Å². The zero-order chi connectivity index (χ0) is 17.1. The number of methoxy groups -OCH3 is 1. The molecule has 120 valence electrons. The monoisotopic (exact) mass is 320 g/mol. The van der Waals surface area contributed by atoms with Gasteiger partial charge in [0, 0.05) is 5.56 Å². The van der Waals surface area contributed by atoms with Crippen molar-refractivity contribution < 1.29 is 13.9 Å². The number of rotatable bonds is 4. The second kappa shape index (κ2) is 6.54. The molecule has 0 aliphatic heterocycles. The lowest BCUT2D eigenvalue weighted by atomic mass is 10.1. The van der Waals surface area contributed by atoms with Gasteiger partial charge in [0.25, 0.3) is 0 Å². The predicted molar refractivity (Wildman–Crippen MR) is 93.6 cm³/mol. The van der Waals surface area contributed by atoms with Gasteiger partial charge in [0.15, 0.2) is 11.2 Å². The zero-order valence-corrected chi connectivity index (χ0v) is 13.4. The largest absolute Gasteiger partial charge is 0.497 e. The van der Waals surface area contributed by atoms with Crippen LogP contribution in [0.15, 0.2) is 64.0 Å². The minimum Gasteiger partial charge on any atom is -0.497 e. The highest BCUT2D eigenvalue weighted by Gasteiger charge is 2.06. The molecule has 1 aromatic heterocycles. The topological polar surface area (TPSA) is 56.5 Å². The summed E-state index contributed by atoms with van der Waals surface area (Å²) in [6, 6.07) is 12.2. The zero-order valence-electron chi connectivity index (χ0n) is 13.4. The Kier molecular flexibility index (Phi) is 4.29. The number of carbonyl (C=O) groups is 1. The summed E-state index contributed by atoms with van der Waals surface area (Å²) in [5.74, 6) is 0.488. The molecular formula is C20H16O4. The van der Waals surface area contributed by atoms with E-state index >= 15 is 0 Å². The fourth-order valence-corrected chi connectivity index (χ4v) is 2.39. The van der Waals surface area contributed by atoms with Crippen LogP contribution in [0.3, 0.4) is 0 Å². The first-order valence-corrected chi connectivity index (χ1v) is 7.47. The Bertz CT molecular complexity index is 979. The average molecular weight is 320 g/mol. The third kappa shape index (κ3) is 3.13. The van der Waals surface area contributed by atoms with E-state index in [1.54, 1.807) is 43.5 Å². The lowest BCUT2D eigenvalue weighted by molar-refractivity contribution is 0.104. The van der Waals surface area contributed by atoms with Crippen LogP contribution < -0.4 is 10.2 Å². The number of aryl methyl sites for hydroxylation is 1. The van der Waals surface area contributed by atoms with Crippen molar-refractivity contribution in [3.63, 3.8) is 0 Å². The molecule has 0 saturated heterocycles. The number of benzene rings is 2. The fourth-order valence-electron chi connectivity index (χ4n) is 2.39. The molecule has 0 aliphatic rings. The Morgan fingerprint density at radius 2 is 1.88 bits per heavy atom. The molecule has 3 rings (SSSR count). The molecule has 1 heterocycles. The highest BCUT2D eigenvalue weighted by molar-refractivity contribution is 6.06. The van der Waals surface area contributed by atoms with Gasteiger partial charge >= 0.3 is 0 Å². The molecule has 0 amide bonds. The Hall–Kier alpha value is -3.14. The Morgan fingerprint density at radius 1 is 1.12 bits per heavy atom. The first-order valence-electron chi connectivity index (χ1n) is 7.47. The first-order chi connectivity index (χ1) is 11.6. The van der Waals surface area contributed by atoms with Crippen LogP contribution in [0.4, 0.5) is 0 Å². The first kappa shape index (κ1) is 15.7. The van der Waals surface area contributed by atoms with Crippen LogP contribution >= 0.6 is 0 Å². The highest BCUT2D eigenvalue weighted by Crippen LogP contribution is 2.15. The van der Waals surface area contributed by atoms with E-state index in [1.807, 2.05) is 13.0 Å². The molecule has 24 heavy (non-hydrogen) atoms. The van der Waals surface area contributed by atoms with Crippen LogP contribution in [-0.4, -0.2) is 12.9 Å². The summed E-state index contributed by atoms with van der Waals surface area (Å²) >= 11 is 0. The van der Waals surface area contributed by atoms with Crippen molar-refractivity contribution in [1.29, 1.82) is 0 Å². The van der Waals surface area contributed by atoms with Gasteiger partial charge in [-0.15, -0.1) is 0 Å². The quantitative estimate of drug-likeness (QED) is 0.538. The van der Waals surface area contributed by atoms with Gasteiger partial charge in [-0.05, 0) is 55.5 Å². The molecule has 0 unspecified atom stereocenters. The van der Waals surface area contributed by atoms with E-state index in [0.29, 0.717) is 27.8 Å². The second-order valence-corrected chi connectivity index (χ2v) is 5.45. The van der Waals surface area contributed by atoms with E-state index in [0.717, 1.165) is 5.56 Å². The second-order valence-electron chi connectivity index (χ2n) is 5.45. The molecule has 0 spiro atoms. The number of ketones is 1. The number of hydrogen-bond acceptors (Lipinski definition) is 4. The SMILES string of the molecule is COc1ccc(C(=O)/C=C/c2coc3ccc(C)cc3c2=O)cc1. The van der Waals surface area contributed by atoms with Crippen molar-refractivity contribution in [3.05, 3.63) is 81.7 Å². The van der Waals surface area contributed by atoms with Crippen molar-refractivity contribution in [1.82, 2.24) is 0 Å². The molecule has 4 heteroatoms. The fraction of sp³-hybridized carbons (Fsp3) is 0.100. The molecule has 0 radical (unpaired) electrons. The van der Waals surface area contributed by atoms with Crippen LogP contribution in [0.25, 0.3) is 17.0 Å². The molecule has 0 saturated carbocycles. The summed E-state index contributed by atoms with van der Waals surface area (Å²) in [6.07, 6.45) is 4.23. The summed E-state index contributed by atoms with van der Waals surface area (Å²) in [4.78, 5) is 24.7. The van der Waals surface area contributed by atoms with E-state index in [1.165, 1.54) is 18.4 Å². The smallest absolute Gasteiger partial charge is 0.199 e. The minimum atomic E-state index is -0.193. The van der Waals surface area contributed by atoms with Crippen LogP contribution in [0.2, 0.25) is 0 Å². The van der Waals surface area contributed by atoms with Crippen LogP contribution in [0, 0.1) is 6.92 Å². The summed E-state index contributed by atoms with van der Waals surface area (Å²) in [5.41, 5.74) is 2.22. The molecule has 4 nitrogen and oxygen atoms in total. The van der Waals surface area contributed by atoms with Crippen molar-refractivity contribution >= 4 is 22.8 Å². The van der Waals surface area contributed by atoms with Gasteiger partial charge in [-0.25, -0.2) is 0 Å². The lowest BCUT2D eigenvalue weighted by Gasteiger charge is -2.01. The normalized spacial score (nSPS) is 11.1. The summed E-state index contributed by atoms with van der Waals surface area (Å²) in [5, 5.41) is 0.508. The van der Waals surface area contributed by atoms with Crippen LogP contribution in [-0.2, 0) is 0 Å². The number of hydrogen-bond donors (Lipinski definition) is 0. The molecule has 2 aromatic carbocycles. The van der Waals surface area contributed by atoms with Gasteiger partial charge < -0.3 is 9.15 Å². The van der Waals surface area contributed by atoms with Crippen molar-refractivity contribution in [2.24, 2.45) is 0 Å². The van der Waals surface area contributed by atoms with E-state index in [9.17, 15) is 9.59 Å². The van der Waals surface area contributed by atoms with Crippen LogP contribution in [0.5, 0.6) is 5.75 Å². The summed E-state index contributed by atoms with van der Waals surface area (Å²) in [7, 11) is 1.57. The standard InChI is InChI=1S/C20H16O4/c1-13-3-10-19-17(11-13)20(22)15(12-24-19)6-9-18(21)14-4-7-16(23-2)8-5-14/h3-12H,1-2H3/b9-6+. The van der Waals surface area contributed by atoms with Crippen LogP contribution in [0.1, 0.15) is 21.5 Å². The molecular weight excluding hydrogens is 304 g/mol. The molecule has 0 N–H and O–H groups in total. The lowest BCUT2D eigenvalue weighted by Crippen LogP contribution is -2.05. The highest BCUT2D eigenvalue weighted by atomic mass is 16.5. The van der Waals surface area contributed by atoms with E-state index < -0.39 is 0 Å². The van der Waals surface area contributed by atoms with Gasteiger partial charge in [0.1, 0.15) is 17.6 Å². The summed E-state index contributed by atoms with van der Waals surface area (Å²) < 4.78 is 10.5. The Morgan fingerprint density at radius 3 is 2.58 bits per heavy atom. The predicted octanol–water partition coefficient (Wildman–Crippen LogP) is 4.01. The van der Waals surface area contributed by atoms with E-state index in [2.05, 4.69) is 0 Å². The summed E-state index contributed by atoms with van der Waals surface area (Å²) in [6.45, 7) is 1.91. The number of allylic oxidation sites excluding steroid dienone is 1. The third-order valence-electron chi connectivity index (χ3n) is 3.74. The molecule has 0 aliphatic carbocycles. The van der Waals surface area contributed by atoms with Crippen molar-refractivity contribution in [2.45, 2.75) is 6.92 Å². The molecule has 3 aromatic rings. The molecule has 0 bridgehead atoms. The van der Waals surface area contributed by atoms with E-state index in [-0.39, 0.29) is 11.2 Å². The minimum absolute atomic E-state index is 0.154. The number of ether oxygens (including phenoxy) is 1. The van der Waals surface area contributed by atoms with Gasteiger partial charge in [-0.2, -0.15) is 0 Å². The Balaban J connectivity index is 1.90. The van der Waals surface area contributed by atoms with E-state index in [4.69, 9.17) is 9.15 Å². The van der Waals surface area contributed by atoms with Gasteiger partial charge in [-0.3, -0.25) is 9.59 Å². The maximum Gasteiger partial charge on any atom is 0.199 e. The average Bonchev–Trinajstić information content (AvgIpc) is 2.61. The molecule has 0 atom stereocenters. The maximum absolute atomic E-state index is 12.5. The molecule has 0 fully saturated rings. The Labute approximate surface area is 139 Å².